The third-order valence-corrected chi connectivity index (χ3v) is 7.25. The van der Waals surface area contributed by atoms with Gasteiger partial charge < -0.3 is 11.1 Å². The van der Waals surface area contributed by atoms with Crippen molar-refractivity contribution in [2.45, 2.75) is 17.9 Å². The zero-order valence-corrected chi connectivity index (χ0v) is 20.5. The van der Waals surface area contributed by atoms with Crippen LogP contribution in [0.25, 0.3) is 0 Å². The second-order valence-corrected chi connectivity index (χ2v) is 10.5. The van der Waals surface area contributed by atoms with Crippen LogP contribution in [0.4, 0.5) is 5.69 Å². The van der Waals surface area contributed by atoms with Gasteiger partial charge in [-0.25, -0.2) is 8.42 Å². The Balaban J connectivity index is 1.81. The summed E-state index contributed by atoms with van der Waals surface area (Å²) in [6, 6.07) is 19.5. The van der Waals surface area contributed by atoms with Gasteiger partial charge in [0, 0.05) is 21.7 Å². The Labute approximate surface area is 205 Å². The van der Waals surface area contributed by atoms with E-state index in [1.54, 1.807) is 60.7 Å². The lowest BCUT2D eigenvalue weighted by molar-refractivity contribution is -0.117. The molecule has 0 aliphatic heterocycles. The van der Waals surface area contributed by atoms with Gasteiger partial charge in [0.15, 0.2) is 0 Å². The topological polar surface area (TPSA) is 110 Å². The minimum atomic E-state index is -3.97. The molecule has 0 atom stereocenters. The number of benzene rings is 3. The molecule has 3 aromatic rings. The molecule has 2 amide bonds. The molecule has 0 radical (unpaired) electrons. The maximum Gasteiger partial charge on any atom is 0.243 e. The number of carbonyl (C=O) groups excluding carboxylic acids is 2. The highest BCUT2D eigenvalue weighted by molar-refractivity contribution is 9.10. The molecular weight excluding hydrogens is 530 g/mol. The Morgan fingerprint density at radius 2 is 1.48 bits per heavy atom. The Morgan fingerprint density at radius 1 is 0.909 bits per heavy atom. The number of hydrogen-bond donors (Lipinski definition) is 2. The monoisotopic (exact) mass is 549 g/mol. The second kappa shape index (κ2) is 10.9. The van der Waals surface area contributed by atoms with Crippen LogP contribution in [-0.2, 0) is 32.6 Å². The molecule has 0 aliphatic rings. The van der Waals surface area contributed by atoms with E-state index in [1.807, 2.05) is 0 Å². The summed E-state index contributed by atoms with van der Waals surface area (Å²) in [7, 11) is -3.97. The van der Waals surface area contributed by atoms with Crippen LogP contribution in [0, 0.1) is 0 Å². The van der Waals surface area contributed by atoms with Crippen molar-refractivity contribution in [1.82, 2.24) is 4.31 Å². The van der Waals surface area contributed by atoms with Crippen LogP contribution in [-0.4, -0.2) is 31.1 Å². The lowest BCUT2D eigenvalue weighted by Gasteiger charge is -2.22. The summed E-state index contributed by atoms with van der Waals surface area (Å²) in [5.74, 6) is -0.963. The summed E-state index contributed by atoms with van der Waals surface area (Å²) in [5.41, 5.74) is 7.05. The number of nitrogens with two attached hydrogens (primary N) is 1. The number of rotatable bonds is 9. The fraction of sp³-hybridized carbons (Fsp3) is 0.130. The number of anilines is 1. The van der Waals surface area contributed by atoms with E-state index in [0.717, 1.165) is 8.78 Å². The fourth-order valence-electron chi connectivity index (χ4n) is 3.04. The van der Waals surface area contributed by atoms with Gasteiger partial charge in [-0.05, 0) is 59.7 Å². The molecule has 0 spiro atoms. The van der Waals surface area contributed by atoms with Crippen molar-refractivity contribution >= 4 is 55.1 Å². The van der Waals surface area contributed by atoms with Crippen molar-refractivity contribution in [3.05, 3.63) is 93.4 Å². The molecule has 0 saturated heterocycles. The Bertz CT molecular complexity index is 1230. The first kappa shape index (κ1) is 24.9. The van der Waals surface area contributed by atoms with Crippen molar-refractivity contribution in [3.63, 3.8) is 0 Å². The van der Waals surface area contributed by atoms with Crippen LogP contribution in [0.5, 0.6) is 0 Å². The summed E-state index contributed by atoms with van der Waals surface area (Å²) in [6.07, 6.45) is 0.0918. The smallest absolute Gasteiger partial charge is 0.243 e. The zero-order chi connectivity index (χ0) is 24.0. The number of carbonyl (C=O) groups is 2. The molecule has 3 rings (SSSR count). The predicted octanol–water partition coefficient (Wildman–Crippen LogP) is 3.96. The summed E-state index contributed by atoms with van der Waals surface area (Å²) in [6.45, 7) is -0.412. The molecule has 0 saturated carbocycles. The number of halogens is 2. The molecule has 3 aromatic carbocycles. The van der Waals surface area contributed by atoms with Gasteiger partial charge in [0.25, 0.3) is 0 Å². The van der Waals surface area contributed by atoms with Gasteiger partial charge in [0.2, 0.25) is 21.8 Å². The van der Waals surface area contributed by atoms with E-state index in [1.165, 1.54) is 12.1 Å². The third kappa shape index (κ3) is 7.13. The number of nitrogens with one attached hydrogen (secondary N) is 1. The van der Waals surface area contributed by atoms with Crippen molar-refractivity contribution in [3.8, 4) is 0 Å². The van der Waals surface area contributed by atoms with Gasteiger partial charge in [-0.1, -0.05) is 51.8 Å². The second-order valence-electron chi connectivity index (χ2n) is 7.24. The first-order valence-corrected chi connectivity index (χ1v) is 12.4. The molecule has 0 aliphatic carbocycles. The van der Waals surface area contributed by atoms with Gasteiger partial charge in [-0.2, -0.15) is 4.31 Å². The van der Waals surface area contributed by atoms with Crippen LogP contribution >= 0.6 is 27.5 Å². The summed E-state index contributed by atoms with van der Waals surface area (Å²) in [5, 5.41) is 3.22. The minimum absolute atomic E-state index is 0.0134. The van der Waals surface area contributed by atoms with Gasteiger partial charge in [-0.3, -0.25) is 9.59 Å². The van der Waals surface area contributed by atoms with E-state index in [2.05, 4.69) is 21.2 Å². The molecule has 0 fully saturated rings. The van der Waals surface area contributed by atoms with E-state index < -0.39 is 28.4 Å². The van der Waals surface area contributed by atoms with E-state index in [4.69, 9.17) is 17.3 Å². The molecule has 33 heavy (non-hydrogen) atoms. The Morgan fingerprint density at radius 3 is 2.06 bits per heavy atom. The van der Waals surface area contributed by atoms with Crippen LogP contribution in [0.1, 0.15) is 11.1 Å². The predicted molar refractivity (Wildman–Crippen MR) is 131 cm³/mol. The highest BCUT2D eigenvalue weighted by Crippen LogP contribution is 2.22. The highest BCUT2D eigenvalue weighted by Gasteiger charge is 2.27. The first-order valence-electron chi connectivity index (χ1n) is 9.81. The van der Waals surface area contributed by atoms with Crippen LogP contribution in [0.2, 0.25) is 5.02 Å². The molecule has 172 valence electrons. The molecule has 10 heteroatoms. The average molecular weight is 551 g/mol. The standard InChI is InChI=1S/C23H21BrClN3O4S/c24-18-5-11-21(12-6-18)33(31,32)28(14-17-1-7-19(25)8-2-17)15-23(30)27-20-9-3-16(4-10-20)13-22(26)29/h1-12H,13-15H2,(H2,26,29)(H,27,30). The maximum absolute atomic E-state index is 13.3. The molecule has 0 unspecified atom stereocenters. The average Bonchev–Trinajstić information content (AvgIpc) is 2.76. The van der Waals surface area contributed by atoms with Crippen molar-refractivity contribution < 1.29 is 18.0 Å². The summed E-state index contributed by atoms with van der Waals surface area (Å²) in [4.78, 5) is 23.8. The lowest BCUT2D eigenvalue weighted by Crippen LogP contribution is -2.37. The number of hydrogen-bond acceptors (Lipinski definition) is 4. The number of primary amides is 1. The minimum Gasteiger partial charge on any atom is -0.369 e. The van der Waals surface area contributed by atoms with Gasteiger partial charge in [-0.15, -0.1) is 0 Å². The molecule has 0 aromatic heterocycles. The van der Waals surface area contributed by atoms with E-state index in [-0.39, 0.29) is 17.9 Å². The molecule has 7 nitrogen and oxygen atoms in total. The number of nitrogens with zero attached hydrogens (tertiary/aromatic N) is 1. The van der Waals surface area contributed by atoms with Crippen LogP contribution < -0.4 is 11.1 Å². The van der Waals surface area contributed by atoms with Gasteiger partial charge >= 0.3 is 0 Å². The first-order chi connectivity index (χ1) is 15.6. The quantitative estimate of drug-likeness (QED) is 0.420. The molecule has 3 N–H and O–H groups in total. The Kier molecular flexibility index (Phi) is 8.25. The van der Waals surface area contributed by atoms with Crippen molar-refractivity contribution in [2.75, 3.05) is 11.9 Å². The van der Waals surface area contributed by atoms with Gasteiger partial charge in [0.05, 0.1) is 17.9 Å². The number of amides is 2. The summed E-state index contributed by atoms with van der Waals surface area (Å²) < 4.78 is 28.5. The number of sulfonamides is 1. The lowest BCUT2D eigenvalue weighted by atomic mass is 10.1. The van der Waals surface area contributed by atoms with E-state index >= 15 is 0 Å². The van der Waals surface area contributed by atoms with Crippen LogP contribution in [0.3, 0.4) is 0 Å². The van der Waals surface area contributed by atoms with Crippen molar-refractivity contribution in [1.29, 1.82) is 0 Å². The SMILES string of the molecule is NC(=O)Cc1ccc(NC(=O)CN(Cc2ccc(Cl)cc2)S(=O)(=O)c2ccc(Br)cc2)cc1. The van der Waals surface area contributed by atoms with E-state index in [9.17, 15) is 18.0 Å². The van der Waals surface area contributed by atoms with E-state index in [0.29, 0.717) is 21.8 Å². The maximum atomic E-state index is 13.3. The van der Waals surface area contributed by atoms with Crippen LogP contribution in [0.15, 0.2) is 82.2 Å². The summed E-state index contributed by atoms with van der Waals surface area (Å²) >= 11 is 9.23. The molecule has 0 bridgehead atoms. The van der Waals surface area contributed by atoms with Crippen molar-refractivity contribution in [2.24, 2.45) is 5.73 Å². The van der Waals surface area contributed by atoms with Gasteiger partial charge in [0.1, 0.15) is 0 Å². The Hall–Kier alpha value is -2.72. The third-order valence-electron chi connectivity index (χ3n) is 4.66. The zero-order valence-electron chi connectivity index (χ0n) is 17.4. The largest absolute Gasteiger partial charge is 0.369 e. The molecular formula is C23H21BrClN3O4S. The highest BCUT2D eigenvalue weighted by atomic mass is 79.9. The normalized spacial score (nSPS) is 11.4. The fourth-order valence-corrected chi connectivity index (χ4v) is 4.82. The molecule has 0 heterocycles.